The number of benzene rings is 1. The summed E-state index contributed by atoms with van der Waals surface area (Å²) in [6.45, 7) is 0.431. The number of rotatable bonds is 4. The quantitative estimate of drug-likeness (QED) is 0.907. The first kappa shape index (κ1) is 14.0. The van der Waals surface area contributed by atoms with E-state index in [0.717, 1.165) is 10.9 Å². The molecule has 0 unspecified atom stereocenters. The number of fused-ring (bicyclic) bond motifs is 1. The molecule has 1 aromatic heterocycles. The first-order valence-electron chi connectivity index (χ1n) is 6.76. The summed E-state index contributed by atoms with van der Waals surface area (Å²) in [5.74, 6) is -1.25. The van der Waals surface area contributed by atoms with Gasteiger partial charge in [-0.2, -0.15) is 0 Å². The van der Waals surface area contributed by atoms with Gasteiger partial charge in [0.25, 0.3) is 0 Å². The van der Waals surface area contributed by atoms with E-state index in [1.807, 2.05) is 29.6 Å². The van der Waals surface area contributed by atoms with Gasteiger partial charge < -0.3 is 15.2 Å². The van der Waals surface area contributed by atoms with E-state index >= 15 is 0 Å². The second-order valence-corrected chi connectivity index (χ2v) is 5.92. The first-order valence-corrected chi connectivity index (χ1v) is 7.64. The lowest BCUT2D eigenvalue weighted by molar-refractivity contribution is -0.151. The molecule has 0 bridgehead atoms. The Morgan fingerprint density at radius 1 is 1.29 bits per heavy atom. The van der Waals surface area contributed by atoms with Gasteiger partial charge in [0.2, 0.25) is 5.91 Å². The Morgan fingerprint density at radius 3 is 2.81 bits per heavy atom. The van der Waals surface area contributed by atoms with Crippen LogP contribution in [-0.4, -0.2) is 29.2 Å². The molecule has 1 aliphatic rings. The van der Waals surface area contributed by atoms with E-state index in [1.54, 1.807) is 11.3 Å². The lowest BCUT2D eigenvalue weighted by Gasteiger charge is -2.11. The van der Waals surface area contributed by atoms with E-state index in [2.05, 4.69) is 5.32 Å². The molecule has 0 saturated carbocycles. The standard InChI is InChI=1S/C15H15NO4S/c17-14(11-5-6-12(20-11)15(18)19)16-7-9-8-21-13-4-2-1-3-10(9)13/h1-4,8,11-12H,5-7H2,(H,16,17)(H,18,19)/t11-,12+/m0/s1. The Bertz CT molecular complexity index is 681. The maximum atomic E-state index is 12.0. The molecule has 21 heavy (non-hydrogen) atoms. The highest BCUT2D eigenvalue weighted by Crippen LogP contribution is 2.25. The van der Waals surface area contributed by atoms with E-state index in [0.29, 0.717) is 19.4 Å². The van der Waals surface area contributed by atoms with Crippen molar-refractivity contribution in [3.63, 3.8) is 0 Å². The fourth-order valence-electron chi connectivity index (χ4n) is 2.48. The van der Waals surface area contributed by atoms with Crippen LogP contribution < -0.4 is 5.32 Å². The van der Waals surface area contributed by atoms with Gasteiger partial charge in [0, 0.05) is 11.2 Å². The summed E-state index contributed by atoms with van der Waals surface area (Å²) in [5.41, 5.74) is 1.07. The zero-order valence-corrected chi connectivity index (χ0v) is 12.1. The molecular formula is C15H15NO4S. The van der Waals surface area contributed by atoms with Gasteiger partial charge >= 0.3 is 5.97 Å². The summed E-state index contributed by atoms with van der Waals surface area (Å²) < 4.78 is 6.42. The molecule has 1 fully saturated rings. The van der Waals surface area contributed by atoms with Gasteiger partial charge in [0.1, 0.15) is 6.10 Å². The zero-order valence-electron chi connectivity index (χ0n) is 11.2. The van der Waals surface area contributed by atoms with Crippen LogP contribution in [0.2, 0.25) is 0 Å². The van der Waals surface area contributed by atoms with Crippen LogP contribution in [0, 0.1) is 0 Å². The second-order valence-electron chi connectivity index (χ2n) is 5.00. The van der Waals surface area contributed by atoms with Gasteiger partial charge in [-0.1, -0.05) is 18.2 Å². The van der Waals surface area contributed by atoms with Crippen LogP contribution in [0.3, 0.4) is 0 Å². The largest absolute Gasteiger partial charge is 0.479 e. The number of hydrogen-bond donors (Lipinski definition) is 2. The molecule has 1 aromatic carbocycles. The van der Waals surface area contributed by atoms with Crippen molar-refractivity contribution >= 4 is 33.3 Å². The number of nitrogens with one attached hydrogen (secondary N) is 1. The summed E-state index contributed by atoms with van der Waals surface area (Å²) in [5, 5.41) is 14.9. The number of carbonyl (C=O) groups is 2. The van der Waals surface area contributed by atoms with Crippen LogP contribution in [0.25, 0.3) is 10.1 Å². The minimum absolute atomic E-state index is 0.242. The number of carboxylic acids is 1. The topological polar surface area (TPSA) is 75.6 Å². The zero-order chi connectivity index (χ0) is 14.8. The van der Waals surface area contributed by atoms with Crippen LogP contribution in [0.5, 0.6) is 0 Å². The van der Waals surface area contributed by atoms with Crippen LogP contribution in [0.15, 0.2) is 29.6 Å². The van der Waals surface area contributed by atoms with Crippen molar-refractivity contribution in [2.75, 3.05) is 0 Å². The van der Waals surface area contributed by atoms with Crippen molar-refractivity contribution in [1.29, 1.82) is 0 Å². The van der Waals surface area contributed by atoms with E-state index in [-0.39, 0.29) is 5.91 Å². The summed E-state index contributed by atoms with van der Waals surface area (Å²) in [6.07, 6.45) is -0.680. The number of hydrogen-bond acceptors (Lipinski definition) is 4. The summed E-state index contributed by atoms with van der Waals surface area (Å²) in [4.78, 5) is 22.8. The van der Waals surface area contributed by atoms with Crippen LogP contribution in [-0.2, 0) is 20.9 Å². The molecule has 1 aliphatic heterocycles. The van der Waals surface area contributed by atoms with E-state index < -0.39 is 18.2 Å². The molecule has 1 saturated heterocycles. The normalized spacial score (nSPS) is 21.5. The Labute approximate surface area is 125 Å². The molecule has 2 heterocycles. The Kier molecular flexibility index (Phi) is 3.90. The first-order chi connectivity index (χ1) is 10.1. The molecule has 0 radical (unpaired) electrons. The number of carbonyl (C=O) groups excluding carboxylic acids is 1. The van der Waals surface area contributed by atoms with Crippen molar-refractivity contribution in [3.8, 4) is 0 Å². The van der Waals surface area contributed by atoms with Crippen molar-refractivity contribution < 1.29 is 19.4 Å². The molecule has 2 N–H and O–H groups in total. The minimum Gasteiger partial charge on any atom is -0.479 e. The number of amides is 1. The number of thiophene rings is 1. The average molecular weight is 305 g/mol. The van der Waals surface area contributed by atoms with Crippen LogP contribution in [0.4, 0.5) is 0 Å². The van der Waals surface area contributed by atoms with Crippen LogP contribution in [0.1, 0.15) is 18.4 Å². The van der Waals surface area contributed by atoms with Gasteiger partial charge in [-0.25, -0.2) is 4.79 Å². The Morgan fingerprint density at radius 2 is 2.05 bits per heavy atom. The second kappa shape index (κ2) is 5.83. The maximum Gasteiger partial charge on any atom is 0.332 e. The molecule has 0 aliphatic carbocycles. The van der Waals surface area contributed by atoms with Crippen molar-refractivity contribution in [2.45, 2.75) is 31.6 Å². The Hall–Kier alpha value is -1.92. The maximum absolute atomic E-state index is 12.0. The van der Waals surface area contributed by atoms with Crippen molar-refractivity contribution in [2.24, 2.45) is 0 Å². The number of aliphatic carboxylic acids is 1. The lowest BCUT2D eigenvalue weighted by Crippen LogP contribution is -2.35. The highest BCUT2D eigenvalue weighted by Gasteiger charge is 2.34. The highest BCUT2D eigenvalue weighted by atomic mass is 32.1. The van der Waals surface area contributed by atoms with E-state index in [1.165, 1.54) is 4.70 Å². The molecule has 5 nitrogen and oxygen atoms in total. The average Bonchev–Trinajstić information content (AvgIpc) is 3.12. The van der Waals surface area contributed by atoms with Gasteiger partial charge in [-0.15, -0.1) is 11.3 Å². The molecule has 2 atom stereocenters. The smallest absolute Gasteiger partial charge is 0.332 e. The molecule has 3 rings (SSSR count). The predicted octanol–water partition coefficient (Wildman–Crippen LogP) is 2.15. The third kappa shape index (κ3) is 2.91. The fraction of sp³-hybridized carbons (Fsp3) is 0.333. The predicted molar refractivity (Wildman–Crippen MR) is 79.2 cm³/mol. The highest BCUT2D eigenvalue weighted by molar-refractivity contribution is 7.17. The number of carboxylic acid groups (broad SMARTS) is 1. The van der Waals surface area contributed by atoms with Gasteiger partial charge in [0.05, 0.1) is 0 Å². The SMILES string of the molecule is O=C(NCc1csc2ccccc12)[C@@H]1CC[C@H](C(=O)O)O1. The Balaban J connectivity index is 1.60. The van der Waals surface area contributed by atoms with Gasteiger partial charge in [0.15, 0.2) is 6.10 Å². The molecule has 1 amide bonds. The third-order valence-electron chi connectivity index (χ3n) is 3.60. The molecule has 110 valence electrons. The molecule has 0 spiro atoms. The fourth-order valence-corrected chi connectivity index (χ4v) is 3.44. The van der Waals surface area contributed by atoms with Gasteiger partial charge in [-0.05, 0) is 35.2 Å². The van der Waals surface area contributed by atoms with Gasteiger partial charge in [-0.3, -0.25) is 4.79 Å². The molecule has 6 heteroatoms. The lowest BCUT2D eigenvalue weighted by atomic mass is 10.1. The van der Waals surface area contributed by atoms with Crippen molar-refractivity contribution in [3.05, 3.63) is 35.2 Å². The van der Waals surface area contributed by atoms with E-state index in [4.69, 9.17) is 9.84 Å². The summed E-state index contributed by atoms with van der Waals surface area (Å²) >= 11 is 1.64. The van der Waals surface area contributed by atoms with Crippen LogP contribution >= 0.6 is 11.3 Å². The van der Waals surface area contributed by atoms with E-state index in [9.17, 15) is 9.59 Å². The third-order valence-corrected chi connectivity index (χ3v) is 4.61. The summed E-state index contributed by atoms with van der Waals surface area (Å²) in [7, 11) is 0. The molecule has 2 aromatic rings. The summed E-state index contributed by atoms with van der Waals surface area (Å²) in [6, 6.07) is 8.03. The van der Waals surface area contributed by atoms with Crippen molar-refractivity contribution in [1.82, 2.24) is 5.32 Å². The minimum atomic E-state index is -1.01. The number of ether oxygens (including phenoxy) is 1. The molecular weight excluding hydrogens is 290 g/mol. The monoisotopic (exact) mass is 305 g/mol.